The van der Waals surface area contributed by atoms with E-state index in [0.717, 1.165) is 25.0 Å². The van der Waals surface area contributed by atoms with Gasteiger partial charge in [-0.2, -0.15) is 0 Å². The molecule has 1 aromatic rings. The maximum atomic E-state index is 10.1. The molecule has 0 bridgehead atoms. The van der Waals surface area contributed by atoms with Crippen LogP contribution in [0.2, 0.25) is 0 Å². The average molecular weight is 246 g/mol. The molecule has 2 atom stereocenters. The Balaban J connectivity index is 1.81. The molecule has 1 aromatic carbocycles. The number of rotatable bonds is 2. The highest BCUT2D eigenvalue weighted by molar-refractivity contribution is 5.40. The zero-order valence-electron chi connectivity index (χ0n) is 11.3. The van der Waals surface area contributed by atoms with E-state index >= 15 is 0 Å². The fourth-order valence-corrected chi connectivity index (χ4v) is 3.71. The lowest BCUT2D eigenvalue weighted by molar-refractivity contribution is -0.152. The summed E-state index contributed by atoms with van der Waals surface area (Å²) >= 11 is 0. The predicted octanol–water partition coefficient (Wildman–Crippen LogP) is 3.38. The first-order chi connectivity index (χ1) is 8.63. The third kappa shape index (κ3) is 1.66. The summed E-state index contributed by atoms with van der Waals surface area (Å²) in [7, 11) is 0. The minimum Gasteiger partial charge on any atom is -0.489 e. The summed E-state index contributed by atoms with van der Waals surface area (Å²) in [6.07, 6.45) is 5.61. The molecule has 2 heteroatoms. The highest BCUT2D eigenvalue weighted by Crippen LogP contribution is 2.54. The summed E-state index contributed by atoms with van der Waals surface area (Å²) in [5.74, 6) is 1.03. The molecule has 0 heterocycles. The number of aryl methyl sites for hydroxylation is 2. The molecule has 0 radical (unpaired) electrons. The number of benzene rings is 1. The number of para-hydroxylation sites is 1. The Labute approximate surface area is 109 Å². The van der Waals surface area contributed by atoms with Crippen LogP contribution < -0.4 is 4.74 Å². The topological polar surface area (TPSA) is 29.5 Å². The second-order valence-corrected chi connectivity index (χ2v) is 6.02. The summed E-state index contributed by atoms with van der Waals surface area (Å²) in [5.41, 5.74) is 2.46. The zero-order chi connectivity index (χ0) is 12.8. The number of aliphatic hydroxyl groups excluding tert-OH is 1. The molecule has 0 saturated heterocycles. The van der Waals surface area contributed by atoms with E-state index in [2.05, 4.69) is 32.0 Å². The standard InChI is InChI=1S/C16H22O2/c1-11-6-5-7-12(2)15(11)18-14-10-13(17)16(14)8-3-4-9-16/h5-7,13-14,17H,3-4,8-10H2,1-2H3. The van der Waals surface area contributed by atoms with E-state index in [1.165, 1.54) is 24.0 Å². The molecule has 1 spiro atoms. The van der Waals surface area contributed by atoms with Gasteiger partial charge >= 0.3 is 0 Å². The SMILES string of the molecule is Cc1cccc(C)c1OC1CC(O)C12CCCC2. The van der Waals surface area contributed by atoms with Gasteiger partial charge in [0, 0.05) is 11.8 Å². The van der Waals surface area contributed by atoms with Crippen LogP contribution in [0.1, 0.15) is 43.2 Å². The fraction of sp³-hybridized carbons (Fsp3) is 0.625. The van der Waals surface area contributed by atoms with Crippen LogP contribution in [0.25, 0.3) is 0 Å². The van der Waals surface area contributed by atoms with Gasteiger partial charge in [-0.05, 0) is 37.8 Å². The molecule has 2 unspecified atom stereocenters. The Kier molecular flexibility index (Phi) is 2.86. The van der Waals surface area contributed by atoms with E-state index < -0.39 is 0 Å². The third-order valence-electron chi connectivity index (χ3n) is 4.95. The van der Waals surface area contributed by atoms with Gasteiger partial charge in [-0.15, -0.1) is 0 Å². The molecule has 2 nitrogen and oxygen atoms in total. The Morgan fingerprint density at radius 3 is 2.33 bits per heavy atom. The third-order valence-corrected chi connectivity index (χ3v) is 4.95. The molecular weight excluding hydrogens is 224 g/mol. The molecule has 18 heavy (non-hydrogen) atoms. The first kappa shape index (κ1) is 12.0. The quantitative estimate of drug-likeness (QED) is 0.867. The molecular formula is C16H22O2. The Hall–Kier alpha value is -1.02. The van der Waals surface area contributed by atoms with Crippen LogP contribution in [0.3, 0.4) is 0 Å². The van der Waals surface area contributed by atoms with Crippen LogP contribution in [0.4, 0.5) is 0 Å². The molecule has 3 rings (SSSR count). The lowest BCUT2D eigenvalue weighted by atomic mass is 9.62. The van der Waals surface area contributed by atoms with Crippen molar-refractivity contribution in [2.45, 2.75) is 58.2 Å². The van der Waals surface area contributed by atoms with Gasteiger partial charge in [0.25, 0.3) is 0 Å². The van der Waals surface area contributed by atoms with Gasteiger partial charge in [0.15, 0.2) is 0 Å². The highest BCUT2D eigenvalue weighted by atomic mass is 16.5. The summed E-state index contributed by atoms with van der Waals surface area (Å²) in [4.78, 5) is 0. The van der Waals surface area contributed by atoms with E-state index in [1.807, 2.05) is 0 Å². The Morgan fingerprint density at radius 2 is 1.78 bits per heavy atom. The summed E-state index contributed by atoms with van der Waals surface area (Å²) < 4.78 is 6.26. The van der Waals surface area contributed by atoms with Crippen molar-refractivity contribution in [3.05, 3.63) is 29.3 Å². The van der Waals surface area contributed by atoms with Crippen LogP contribution in [-0.2, 0) is 0 Å². The van der Waals surface area contributed by atoms with Crippen LogP contribution in [0.15, 0.2) is 18.2 Å². The number of ether oxygens (including phenoxy) is 1. The summed E-state index contributed by atoms with van der Waals surface area (Å²) in [6.45, 7) is 4.19. The molecule has 0 amide bonds. The smallest absolute Gasteiger partial charge is 0.125 e. The maximum Gasteiger partial charge on any atom is 0.125 e. The van der Waals surface area contributed by atoms with Gasteiger partial charge in [0.1, 0.15) is 11.9 Å². The monoisotopic (exact) mass is 246 g/mol. The number of hydrogen-bond acceptors (Lipinski definition) is 2. The first-order valence-electron chi connectivity index (χ1n) is 7.04. The van der Waals surface area contributed by atoms with Crippen molar-refractivity contribution in [2.24, 2.45) is 5.41 Å². The summed E-state index contributed by atoms with van der Waals surface area (Å²) in [5, 5.41) is 10.1. The van der Waals surface area contributed by atoms with Crippen molar-refractivity contribution in [3.8, 4) is 5.75 Å². The van der Waals surface area contributed by atoms with Gasteiger partial charge in [-0.25, -0.2) is 0 Å². The van der Waals surface area contributed by atoms with E-state index in [1.54, 1.807) is 0 Å². The fourth-order valence-electron chi connectivity index (χ4n) is 3.71. The van der Waals surface area contributed by atoms with Gasteiger partial charge < -0.3 is 9.84 Å². The zero-order valence-corrected chi connectivity index (χ0v) is 11.3. The second-order valence-electron chi connectivity index (χ2n) is 6.02. The molecule has 2 saturated carbocycles. The van der Waals surface area contributed by atoms with Crippen molar-refractivity contribution < 1.29 is 9.84 Å². The van der Waals surface area contributed by atoms with Gasteiger partial charge in [-0.3, -0.25) is 0 Å². The van der Waals surface area contributed by atoms with Crippen LogP contribution in [-0.4, -0.2) is 17.3 Å². The molecule has 2 aliphatic carbocycles. The highest BCUT2D eigenvalue weighted by Gasteiger charge is 2.57. The maximum absolute atomic E-state index is 10.1. The van der Waals surface area contributed by atoms with Crippen LogP contribution in [0.5, 0.6) is 5.75 Å². The average Bonchev–Trinajstić information content (AvgIpc) is 2.84. The second kappa shape index (κ2) is 4.27. The van der Waals surface area contributed by atoms with E-state index in [4.69, 9.17) is 4.74 Å². The molecule has 0 aliphatic heterocycles. The normalized spacial score (nSPS) is 29.3. The van der Waals surface area contributed by atoms with Crippen molar-refractivity contribution in [2.75, 3.05) is 0 Å². The first-order valence-corrected chi connectivity index (χ1v) is 7.04. The number of hydrogen-bond donors (Lipinski definition) is 1. The van der Waals surface area contributed by atoms with Crippen LogP contribution >= 0.6 is 0 Å². The Bertz CT molecular complexity index is 426. The lowest BCUT2D eigenvalue weighted by Crippen LogP contribution is -2.58. The number of aliphatic hydroxyl groups is 1. The van der Waals surface area contributed by atoms with Crippen molar-refractivity contribution in [1.82, 2.24) is 0 Å². The summed E-state index contributed by atoms with van der Waals surface area (Å²) in [6, 6.07) is 6.26. The van der Waals surface area contributed by atoms with Gasteiger partial charge in [-0.1, -0.05) is 31.0 Å². The Morgan fingerprint density at radius 1 is 1.17 bits per heavy atom. The van der Waals surface area contributed by atoms with E-state index in [-0.39, 0.29) is 17.6 Å². The largest absolute Gasteiger partial charge is 0.489 e. The molecule has 2 fully saturated rings. The molecule has 1 N–H and O–H groups in total. The lowest BCUT2D eigenvalue weighted by Gasteiger charge is -2.51. The minimum absolute atomic E-state index is 0.0642. The van der Waals surface area contributed by atoms with Gasteiger partial charge in [0.2, 0.25) is 0 Å². The predicted molar refractivity (Wildman–Crippen MR) is 71.9 cm³/mol. The van der Waals surface area contributed by atoms with Crippen molar-refractivity contribution in [3.63, 3.8) is 0 Å². The minimum atomic E-state index is -0.144. The molecule has 98 valence electrons. The van der Waals surface area contributed by atoms with E-state index in [9.17, 15) is 5.11 Å². The van der Waals surface area contributed by atoms with Gasteiger partial charge in [0.05, 0.1) is 6.10 Å². The van der Waals surface area contributed by atoms with Crippen molar-refractivity contribution in [1.29, 1.82) is 0 Å². The molecule has 0 aromatic heterocycles. The van der Waals surface area contributed by atoms with E-state index in [0.29, 0.717) is 0 Å². The van der Waals surface area contributed by atoms with Crippen LogP contribution in [0, 0.1) is 19.3 Å². The van der Waals surface area contributed by atoms with Crippen molar-refractivity contribution >= 4 is 0 Å². The molecule has 2 aliphatic rings.